The number of hydrogen-bond acceptors (Lipinski definition) is 4. The molecule has 1 N–H and O–H groups in total. The Kier molecular flexibility index (Phi) is 5.21. The zero-order valence-electron chi connectivity index (χ0n) is 15.3. The minimum Gasteiger partial charge on any atom is -0.491 e. The van der Waals surface area contributed by atoms with Gasteiger partial charge in [-0.3, -0.25) is 0 Å². The first-order chi connectivity index (χ1) is 13.1. The van der Waals surface area contributed by atoms with Crippen molar-refractivity contribution in [1.82, 2.24) is 0 Å². The smallest absolute Gasteiger partial charge is 0.416 e. The molecule has 0 fully saturated rings. The topological polar surface area (TPSA) is 55.8 Å². The molecule has 3 rings (SSSR count). The van der Waals surface area contributed by atoms with Crippen molar-refractivity contribution in [3.63, 3.8) is 0 Å². The molecule has 0 radical (unpaired) electrons. The second-order valence-electron chi connectivity index (χ2n) is 6.82. The highest BCUT2D eigenvalue weighted by molar-refractivity contribution is 5.92. The van der Waals surface area contributed by atoms with Crippen molar-refractivity contribution in [3.05, 3.63) is 76.9 Å². The second-order valence-corrected chi connectivity index (χ2v) is 6.82. The van der Waals surface area contributed by atoms with Gasteiger partial charge in [0, 0.05) is 23.6 Å². The molecule has 1 aliphatic rings. The molecular weight excluding hydrogens is 373 g/mol. The van der Waals surface area contributed by atoms with Gasteiger partial charge < -0.3 is 14.6 Å². The lowest BCUT2D eigenvalue weighted by molar-refractivity contribution is -0.182. The average Bonchev–Trinajstić information content (AvgIpc) is 2.89. The van der Waals surface area contributed by atoms with Crippen LogP contribution in [0.4, 0.5) is 13.2 Å². The largest absolute Gasteiger partial charge is 0.491 e. The summed E-state index contributed by atoms with van der Waals surface area (Å²) in [6.45, 7) is 3.77. The van der Waals surface area contributed by atoms with Crippen LogP contribution in [-0.2, 0) is 27.9 Å². The van der Waals surface area contributed by atoms with Crippen molar-refractivity contribution in [2.24, 2.45) is 0 Å². The van der Waals surface area contributed by atoms with Crippen LogP contribution in [0.3, 0.4) is 0 Å². The van der Waals surface area contributed by atoms with Gasteiger partial charge in [-0.1, -0.05) is 12.1 Å². The fourth-order valence-electron chi connectivity index (χ4n) is 2.87. The number of esters is 1. The van der Waals surface area contributed by atoms with E-state index in [4.69, 9.17) is 9.47 Å². The molecule has 2 aromatic carbocycles. The number of hydrogen-bond donors (Lipinski definition) is 1. The van der Waals surface area contributed by atoms with E-state index < -0.39 is 23.5 Å². The van der Waals surface area contributed by atoms with Crippen LogP contribution in [0.25, 0.3) is 0 Å². The Bertz CT molecular complexity index is 883. The molecule has 0 saturated heterocycles. The highest BCUT2D eigenvalue weighted by atomic mass is 19.4. The van der Waals surface area contributed by atoms with Crippen LogP contribution in [-0.4, -0.2) is 17.2 Å². The van der Waals surface area contributed by atoms with Crippen molar-refractivity contribution in [1.29, 1.82) is 0 Å². The van der Waals surface area contributed by atoms with E-state index in [-0.39, 0.29) is 18.1 Å². The summed E-state index contributed by atoms with van der Waals surface area (Å²) in [5.74, 6) is -2.03. The molecule has 1 atom stereocenters. The normalized spacial score (nSPS) is 19.5. The zero-order valence-corrected chi connectivity index (χ0v) is 15.3. The minimum absolute atomic E-state index is 0.00604. The maximum atomic E-state index is 12.6. The SMILES string of the molecule is CC(C)Oc1ccc(C2(O)C=C(Cc3ccc(C(F)(F)F)cc3)C(=O)O2)cc1. The van der Waals surface area contributed by atoms with Gasteiger partial charge in [-0.15, -0.1) is 0 Å². The summed E-state index contributed by atoms with van der Waals surface area (Å²) in [6, 6.07) is 11.0. The summed E-state index contributed by atoms with van der Waals surface area (Å²) in [5, 5.41) is 10.7. The van der Waals surface area contributed by atoms with Crippen LogP contribution in [0.15, 0.2) is 60.2 Å². The molecule has 4 nitrogen and oxygen atoms in total. The third kappa shape index (κ3) is 4.36. The average molecular weight is 392 g/mol. The molecule has 2 aromatic rings. The maximum Gasteiger partial charge on any atom is 0.416 e. The summed E-state index contributed by atoms with van der Waals surface area (Å²) >= 11 is 0. The van der Waals surface area contributed by atoms with Crippen LogP contribution >= 0.6 is 0 Å². The number of ether oxygens (including phenoxy) is 2. The van der Waals surface area contributed by atoms with Crippen LogP contribution in [0.5, 0.6) is 5.75 Å². The highest BCUT2D eigenvalue weighted by Crippen LogP contribution is 2.35. The summed E-state index contributed by atoms with van der Waals surface area (Å²) < 4.78 is 48.6. The zero-order chi connectivity index (χ0) is 20.5. The van der Waals surface area contributed by atoms with Gasteiger partial charge in [0.15, 0.2) is 0 Å². The Balaban J connectivity index is 1.78. The van der Waals surface area contributed by atoms with E-state index in [2.05, 4.69) is 0 Å². The first-order valence-electron chi connectivity index (χ1n) is 8.67. The van der Waals surface area contributed by atoms with Crippen LogP contribution in [0.2, 0.25) is 0 Å². The molecule has 28 heavy (non-hydrogen) atoms. The molecule has 1 heterocycles. The lowest BCUT2D eigenvalue weighted by atomic mass is 10.0. The van der Waals surface area contributed by atoms with Crippen molar-refractivity contribution in [2.75, 3.05) is 0 Å². The molecule has 0 aliphatic carbocycles. The van der Waals surface area contributed by atoms with E-state index in [0.29, 0.717) is 16.9 Å². The molecule has 1 unspecified atom stereocenters. The summed E-state index contributed by atoms with van der Waals surface area (Å²) in [6.07, 6.45) is -3.09. The summed E-state index contributed by atoms with van der Waals surface area (Å²) in [4.78, 5) is 12.2. The molecule has 7 heteroatoms. The fourth-order valence-corrected chi connectivity index (χ4v) is 2.87. The van der Waals surface area contributed by atoms with Crippen molar-refractivity contribution in [3.8, 4) is 5.75 Å². The Hall–Kier alpha value is -2.80. The minimum atomic E-state index is -4.42. The molecule has 148 valence electrons. The predicted octanol–water partition coefficient (Wildman–Crippen LogP) is 4.36. The molecule has 1 aliphatic heterocycles. The molecule has 0 aromatic heterocycles. The van der Waals surface area contributed by atoms with Gasteiger partial charge in [-0.2, -0.15) is 13.2 Å². The van der Waals surface area contributed by atoms with E-state index in [9.17, 15) is 23.1 Å². The number of cyclic esters (lactones) is 1. The number of aliphatic hydroxyl groups is 1. The molecular formula is C21H19F3O4. The Morgan fingerprint density at radius 1 is 1.07 bits per heavy atom. The van der Waals surface area contributed by atoms with E-state index in [1.165, 1.54) is 18.2 Å². The number of alkyl halides is 3. The third-order valence-electron chi connectivity index (χ3n) is 4.20. The number of carbonyl (C=O) groups is 1. The van der Waals surface area contributed by atoms with Crippen LogP contribution in [0.1, 0.15) is 30.5 Å². The number of benzene rings is 2. The van der Waals surface area contributed by atoms with Gasteiger partial charge in [0.25, 0.3) is 5.79 Å². The van der Waals surface area contributed by atoms with Crippen molar-refractivity contribution >= 4 is 5.97 Å². The quantitative estimate of drug-likeness (QED) is 0.768. The standard InChI is InChI=1S/C21H19F3O4/c1-13(2)27-18-9-7-16(8-10-18)20(26)12-15(19(25)28-20)11-14-3-5-17(6-4-14)21(22,23)24/h3-10,12-13,26H,11H2,1-2H3. The molecule has 0 bridgehead atoms. The fraction of sp³-hybridized carbons (Fsp3) is 0.286. The molecule has 0 amide bonds. The van der Waals surface area contributed by atoms with Crippen molar-refractivity contribution < 1.29 is 32.5 Å². The summed E-state index contributed by atoms with van der Waals surface area (Å²) in [7, 11) is 0. The molecule has 0 spiro atoms. The predicted molar refractivity (Wildman–Crippen MR) is 95.4 cm³/mol. The van der Waals surface area contributed by atoms with Gasteiger partial charge in [-0.05, 0) is 55.8 Å². The Morgan fingerprint density at radius 2 is 1.68 bits per heavy atom. The van der Waals surface area contributed by atoms with Crippen LogP contribution < -0.4 is 4.74 Å². The number of carbonyl (C=O) groups excluding carboxylic acids is 1. The van der Waals surface area contributed by atoms with Gasteiger partial charge in [0.1, 0.15) is 5.75 Å². The van der Waals surface area contributed by atoms with E-state index in [1.54, 1.807) is 24.3 Å². The first-order valence-corrected chi connectivity index (χ1v) is 8.67. The van der Waals surface area contributed by atoms with Gasteiger partial charge >= 0.3 is 12.1 Å². The Labute approximate surface area is 160 Å². The van der Waals surface area contributed by atoms with E-state index >= 15 is 0 Å². The van der Waals surface area contributed by atoms with E-state index in [0.717, 1.165) is 12.1 Å². The summed E-state index contributed by atoms with van der Waals surface area (Å²) in [5.41, 5.74) is 0.254. The first kappa shape index (κ1) is 19.9. The number of rotatable bonds is 5. The van der Waals surface area contributed by atoms with Crippen molar-refractivity contribution in [2.45, 2.75) is 38.3 Å². The second kappa shape index (κ2) is 7.31. The monoisotopic (exact) mass is 392 g/mol. The van der Waals surface area contributed by atoms with Gasteiger partial charge in [-0.25, -0.2) is 4.79 Å². The van der Waals surface area contributed by atoms with E-state index in [1.807, 2.05) is 13.8 Å². The third-order valence-corrected chi connectivity index (χ3v) is 4.20. The lowest BCUT2D eigenvalue weighted by Crippen LogP contribution is -2.24. The lowest BCUT2D eigenvalue weighted by Gasteiger charge is -2.20. The van der Waals surface area contributed by atoms with Gasteiger partial charge in [0.05, 0.1) is 11.7 Å². The highest BCUT2D eigenvalue weighted by Gasteiger charge is 2.40. The molecule has 0 saturated carbocycles. The maximum absolute atomic E-state index is 12.6. The number of halogens is 3. The Morgan fingerprint density at radius 3 is 2.21 bits per heavy atom. The van der Waals surface area contributed by atoms with Gasteiger partial charge in [0.2, 0.25) is 0 Å². The van der Waals surface area contributed by atoms with Crippen LogP contribution in [0, 0.1) is 0 Å².